The highest BCUT2D eigenvalue weighted by molar-refractivity contribution is 6.31. The molecule has 2 aromatic carbocycles. The van der Waals surface area contributed by atoms with Crippen LogP contribution in [0.3, 0.4) is 0 Å². The number of halogens is 1. The first-order valence-corrected chi connectivity index (χ1v) is 9.11. The second kappa shape index (κ2) is 8.31. The lowest BCUT2D eigenvalue weighted by molar-refractivity contribution is 0.0600. The van der Waals surface area contributed by atoms with Crippen LogP contribution >= 0.6 is 11.6 Å². The summed E-state index contributed by atoms with van der Waals surface area (Å²) in [6, 6.07) is 12.5. The molecule has 0 aliphatic carbocycles. The number of ether oxygens (including phenoxy) is 1. The van der Waals surface area contributed by atoms with Gasteiger partial charge < -0.3 is 19.9 Å². The number of hydrogen-bond donors (Lipinski definition) is 1. The van der Waals surface area contributed by atoms with E-state index in [-0.39, 0.29) is 6.03 Å². The molecule has 0 atom stereocenters. The minimum absolute atomic E-state index is 0.182. The Hall–Kier alpha value is -2.73. The molecule has 2 amide bonds. The highest BCUT2D eigenvalue weighted by Crippen LogP contribution is 2.24. The molecule has 1 N–H and O–H groups in total. The maximum Gasteiger partial charge on any atom is 0.337 e. The number of anilines is 2. The van der Waals surface area contributed by atoms with Crippen molar-refractivity contribution >= 4 is 35.0 Å². The fourth-order valence-corrected chi connectivity index (χ4v) is 3.17. The molecule has 0 saturated carbocycles. The van der Waals surface area contributed by atoms with Crippen molar-refractivity contribution in [3.05, 3.63) is 58.6 Å². The van der Waals surface area contributed by atoms with Crippen molar-refractivity contribution in [2.45, 2.75) is 6.92 Å². The molecule has 7 heteroatoms. The largest absolute Gasteiger partial charge is 0.465 e. The molecular weight excluding hydrogens is 366 g/mol. The van der Waals surface area contributed by atoms with Crippen molar-refractivity contribution in [2.75, 3.05) is 43.5 Å². The first-order chi connectivity index (χ1) is 13.0. The molecule has 0 unspecified atom stereocenters. The molecule has 1 heterocycles. The Bertz CT molecular complexity index is 848. The zero-order chi connectivity index (χ0) is 19.4. The zero-order valence-corrected chi connectivity index (χ0v) is 16.1. The summed E-state index contributed by atoms with van der Waals surface area (Å²) in [7, 11) is 1.33. The fourth-order valence-electron chi connectivity index (χ4n) is 2.99. The Labute approximate surface area is 163 Å². The first kappa shape index (κ1) is 19.0. The minimum atomic E-state index is -0.434. The number of urea groups is 1. The molecular formula is C20H22ClN3O3. The van der Waals surface area contributed by atoms with Crippen molar-refractivity contribution in [2.24, 2.45) is 0 Å². The van der Waals surface area contributed by atoms with Crippen LogP contribution in [0.5, 0.6) is 0 Å². The molecule has 142 valence electrons. The van der Waals surface area contributed by atoms with Crippen molar-refractivity contribution in [3.8, 4) is 0 Å². The van der Waals surface area contributed by atoms with E-state index in [0.29, 0.717) is 24.3 Å². The van der Waals surface area contributed by atoms with Crippen molar-refractivity contribution in [1.82, 2.24) is 4.90 Å². The monoisotopic (exact) mass is 387 g/mol. The number of piperazine rings is 1. The van der Waals surface area contributed by atoms with E-state index in [1.54, 1.807) is 29.2 Å². The van der Waals surface area contributed by atoms with E-state index in [1.807, 2.05) is 19.1 Å². The van der Waals surface area contributed by atoms with E-state index in [1.165, 1.54) is 7.11 Å². The lowest BCUT2D eigenvalue weighted by Crippen LogP contribution is -2.50. The number of carbonyl (C=O) groups excluding carboxylic acids is 2. The predicted octanol–water partition coefficient (Wildman–Crippen LogP) is 3.79. The third-order valence-electron chi connectivity index (χ3n) is 4.62. The van der Waals surface area contributed by atoms with Gasteiger partial charge in [-0.05, 0) is 42.8 Å². The molecule has 1 saturated heterocycles. The van der Waals surface area contributed by atoms with Gasteiger partial charge in [0.2, 0.25) is 0 Å². The van der Waals surface area contributed by atoms with E-state index in [4.69, 9.17) is 16.3 Å². The Kier molecular flexibility index (Phi) is 5.86. The summed E-state index contributed by atoms with van der Waals surface area (Å²) in [6.07, 6.45) is 0. The molecule has 1 aliphatic rings. The van der Waals surface area contributed by atoms with Gasteiger partial charge >= 0.3 is 12.0 Å². The van der Waals surface area contributed by atoms with E-state index in [9.17, 15) is 9.59 Å². The van der Waals surface area contributed by atoms with Crippen molar-refractivity contribution in [3.63, 3.8) is 0 Å². The van der Waals surface area contributed by atoms with Crippen LogP contribution in [0.15, 0.2) is 42.5 Å². The maximum absolute atomic E-state index is 12.5. The standard InChI is InChI=1S/C20H22ClN3O3/c1-14-6-7-17(13-18(14)21)23-8-10-24(11-9-23)20(26)22-16-5-3-4-15(12-16)19(25)27-2/h3-7,12-13H,8-11H2,1-2H3,(H,22,26). The van der Waals surface area contributed by atoms with Crippen LogP contribution in [0.1, 0.15) is 15.9 Å². The lowest BCUT2D eigenvalue weighted by Gasteiger charge is -2.36. The Morgan fingerprint density at radius 1 is 1.07 bits per heavy atom. The number of nitrogens with zero attached hydrogens (tertiary/aromatic N) is 2. The van der Waals surface area contributed by atoms with Crippen LogP contribution in [0, 0.1) is 6.92 Å². The number of hydrogen-bond acceptors (Lipinski definition) is 4. The smallest absolute Gasteiger partial charge is 0.337 e. The summed E-state index contributed by atoms with van der Waals surface area (Å²) in [5.74, 6) is -0.434. The SMILES string of the molecule is COC(=O)c1cccc(NC(=O)N2CCN(c3ccc(C)c(Cl)c3)CC2)c1. The van der Waals surface area contributed by atoms with Gasteiger partial charge in [-0.3, -0.25) is 0 Å². The number of benzene rings is 2. The predicted molar refractivity (Wildman–Crippen MR) is 107 cm³/mol. The summed E-state index contributed by atoms with van der Waals surface area (Å²) >= 11 is 6.21. The van der Waals surface area contributed by atoms with E-state index >= 15 is 0 Å². The number of nitrogens with one attached hydrogen (secondary N) is 1. The minimum Gasteiger partial charge on any atom is -0.465 e. The van der Waals surface area contributed by atoms with Gasteiger partial charge in [-0.25, -0.2) is 9.59 Å². The summed E-state index contributed by atoms with van der Waals surface area (Å²) in [5, 5.41) is 3.59. The Balaban J connectivity index is 1.58. The number of carbonyl (C=O) groups is 2. The number of methoxy groups -OCH3 is 1. The average Bonchev–Trinajstić information content (AvgIpc) is 2.69. The summed E-state index contributed by atoms with van der Waals surface area (Å²) in [5.41, 5.74) is 3.08. The van der Waals surface area contributed by atoms with Crippen LogP contribution in [-0.4, -0.2) is 50.2 Å². The van der Waals surface area contributed by atoms with Gasteiger partial charge in [0.15, 0.2) is 0 Å². The van der Waals surface area contributed by atoms with Gasteiger partial charge in [-0.2, -0.15) is 0 Å². The third-order valence-corrected chi connectivity index (χ3v) is 5.03. The van der Waals surface area contributed by atoms with Crippen LogP contribution in [0.25, 0.3) is 0 Å². The van der Waals surface area contributed by atoms with Crippen molar-refractivity contribution in [1.29, 1.82) is 0 Å². The Morgan fingerprint density at radius 2 is 1.81 bits per heavy atom. The van der Waals surface area contributed by atoms with Gasteiger partial charge in [0, 0.05) is 42.6 Å². The quantitative estimate of drug-likeness (QED) is 0.814. The molecule has 0 spiro atoms. The van der Waals surface area contributed by atoms with Gasteiger partial charge in [-0.1, -0.05) is 23.7 Å². The van der Waals surface area contributed by atoms with Crippen LogP contribution in [-0.2, 0) is 4.74 Å². The van der Waals surface area contributed by atoms with Gasteiger partial charge in [0.1, 0.15) is 0 Å². The van der Waals surface area contributed by atoms with Crippen LogP contribution in [0.2, 0.25) is 5.02 Å². The second-order valence-electron chi connectivity index (χ2n) is 6.41. The molecule has 27 heavy (non-hydrogen) atoms. The molecule has 3 rings (SSSR count). The van der Waals surface area contributed by atoms with Crippen LogP contribution < -0.4 is 10.2 Å². The second-order valence-corrected chi connectivity index (χ2v) is 6.82. The lowest BCUT2D eigenvalue weighted by atomic mass is 10.2. The van der Waals surface area contributed by atoms with Gasteiger partial charge in [0.25, 0.3) is 0 Å². The maximum atomic E-state index is 12.5. The molecule has 0 aromatic heterocycles. The van der Waals surface area contributed by atoms with Crippen molar-refractivity contribution < 1.29 is 14.3 Å². The molecule has 1 fully saturated rings. The molecule has 0 bridgehead atoms. The van der Waals surface area contributed by atoms with E-state index < -0.39 is 5.97 Å². The number of aryl methyl sites for hydroxylation is 1. The highest BCUT2D eigenvalue weighted by atomic mass is 35.5. The number of amides is 2. The number of esters is 1. The average molecular weight is 388 g/mol. The van der Waals surface area contributed by atoms with Crippen LogP contribution in [0.4, 0.5) is 16.2 Å². The normalized spacial score (nSPS) is 14.0. The third kappa shape index (κ3) is 4.52. The number of rotatable bonds is 3. The van der Waals surface area contributed by atoms with E-state index in [0.717, 1.165) is 29.4 Å². The summed E-state index contributed by atoms with van der Waals surface area (Å²) in [6.45, 7) is 4.65. The molecule has 1 aliphatic heterocycles. The summed E-state index contributed by atoms with van der Waals surface area (Å²) < 4.78 is 4.71. The van der Waals surface area contributed by atoms with Gasteiger partial charge in [0.05, 0.1) is 12.7 Å². The first-order valence-electron chi connectivity index (χ1n) is 8.73. The molecule has 2 aromatic rings. The van der Waals surface area contributed by atoms with Gasteiger partial charge in [-0.15, -0.1) is 0 Å². The zero-order valence-electron chi connectivity index (χ0n) is 15.4. The van der Waals surface area contributed by atoms with E-state index in [2.05, 4.69) is 16.3 Å². The Morgan fingerprint density at radius 3 is 2.48 bits per heavy atom. The topological polar surface area (TPSA) is 61.9 Å². The highest BCUT2D eigenvalue weighted by Gasteiger charge is 2.22. The summed E-state index contributed by atoms with van der Waals surface area (Å²) in [4.78, 5) is 28.1. The fraction of sp³-hybridized carbons (Fsp3) is 0.300. The molecule has 0 radical (unpaired) electrons. The molecule has 6 nitrogen and oxygen atoms in total.